The van der Waals surface area contributed by atoms with Crippen molar-refractivity contribution in [1.29, 1.82) is 0 Å². The second kappa shape index (κ2) is 7.57. The van der Waals surface area contributed by atoms with Crippen LogP contribution in [-0.4, -0.2) is 48.4 Å². The first-order chi connectivity index (χ1) is 11.0. The van der Waals surface area contributed by atoms with E-state index in [-0.39, 0.29) is 18.4 Å². The molecule has 3 N–H and O–H groups in total. The summed E-state index contributed by atoms with van der Waals surface area (Å²) in [4.78, 5) is 37.4. The number of nitrogens with one attached hydrogen (secondary N) is 3. The molecule has 124 valence electrons. The van der Waals surface area contributed by atoms with Gasteiger partial charge in [0.15, 0.2) is 0 Å². The van der Waals surface area contributed by atoms with E-state index in [9.17, 15) is 18.8 Å². The summed E-state index contributed by atoms with van der Waals surface area (Å²) < 4.78 is 12.8. The average Bonchev–Trinajstić information content (AvgIpc) is 2.52. The van der Waals surface area contributed by atoms with Gasteiger partial charge in [-0.25, -0.2) is 9.18 Å². The SMILES string of the molecule is CCNC(=O)N1CCNC(=O)[C@H]1CC(=O)Nc1ccc(F)cc1. The molecule has 1 aliphatic rings. The maximum absolute atomic E-state index is 12.8. The summed E-state index contributed by atoms with van der Waals surface area (Å²) in [6.45, 7) is 2.90. The molecular weight excluding hydrogens is 303 g/mol. The van der Waals surface area contributed by atoms with Gasteiger partial charge in [0, 0.05) is 25.3 Å². The fourth-order valence-electron chi connectivity index (χ4n) is 2.33. The molecule has 0 spiro atoms. The van der Waals surface area contributed by atoms with Gasteiger partial charge < -0.3 is 20.9 Å². The first-order valence-electron chi connectivity index (χ1n) is 7.39. The number of nitrogens with zero attached hydrogens (tertiary/aromatic N) is 1. The molecule has 1 aromatic rings. The predicted molar refractivity (Wildman–Crippen MR) is 82.2 cm³/mol. The van der Waals surface area contributed by atoms with E-state index >= 15 is 0 Å². The summed E-state index contributed by atoms with van der Waals surface area (Å²) in [5.74, 6) is -1.19. The van der Waals surface area contributed by atoms with Gasteiger partial charge in [-0.1, -0.05) is 0 Å². The van der Waals surface area contributed by atoms with Crippen LogP contribution in [0, 0.1) is 5.82 Å². The Labute approximate surface area is 133 Å². The standard InChI is InChI=1S/C15H19FN4O3/c1-2-17-15(23)20-8-7-18-14(22)12(20)9-13(21)19-11-5-3-10(16)4-6-11/h3-6,12H,2,7-9H2,1H3,(H,17,23)(H,18,22)(H,19,21)/t12-/m1/s1. The predicted octanol–water partition coefficient (Wildman–Crippen LogP) is 0.684. The number of benzene rings is 1. The van der Waals surface area contributed by atoms with Gasteiger partial charge in [-0.2, -0.15) is 0 Å². The number of carbonyl (C=O) groups excluding carboxylic acids is 3. The fourth-order valence-corrected chi connectivity index (χ4v) is 2.33. The lowest BCUT2D eigenvalue weighted by molar-refractivity contribution is -0.131. The van der Waals surface area contributed by atoms with Crippen LogP contribution >= 0.6 is 0 Å². The van der Waals surface area contributed by atoms with Crippen LogP contribution in [0.4, 0.5) is 14.9 Å². The van der Waals surface area contributed by atoms with Gasteiger partial charge >= 0.3 is 6.03 Å². The van der Waals surface area contributed by atoms with Crippen molar-refractivity contribution in [3.63, 3.8) is 0 Å². The third-order valence-electron chi connectivity index (χ3n) is 3.43. The zero-order valence-electron chi connectivity index (χ0n) is 12.8. The van der Waals surface area contributed by atoms with Gasteiger partial charge in [-0.15, -0.1) is 0 Å². The van der Waals surface area contributed by atoms with Crippen molar-refractivity contribution in [3.05, 3.63) is 30.1 Å². The van der Waals surface area contributed by atoms with Crippen molar-refractivity contribution in [2.24, 2.45) is 0 Å². The molecule has 1 saturated heterocycles. The first kappa shape index (κ1) is 16.7. The highest BCUT2D eigenvalue weighted by Gasteiger charge is 2.34. The quantitative estimate of drug-likeness (QED) is 0.761. The van der Waals surface area contributed by atoms with Gasteiger partial charge in [0.05, 0.1) is 6.42 Å². The van der Waals surface area contributed by atoms with E-state index in [0.29, 0.717) is 25.3 Å². The minimum Gasteiger partial charge on any atom is -0.353 e. The first-order valence-corrected chi connectivity index (χ1v) is 7.39. The molecule has 2 rings (SSSR count). The molecule has 1 atom stereocenters. The van der Waals surface area contributed by atoms with Gasteiger partial charge in [-0.3, -0.25) is 9.59 Å². The molecule has 0 bridgehead atoms. The summed E-state index contributed by atoms with van der Waals surface area (Å²) in [6.07, 6.45) is -0.166. The molecular formula is C15H19FN4O3. The Morgan fingerprint density at radius 2 is 2.04 bits per heavy atom. The van der Waals surface area contributed by atoms with Crippen LogP contribution in [0.15, 0.2) is 24.3 Å². The molecule has 0 radical (unpaired) electrons. The van der Waals surface area contributed by atoms with E-state index in [2.05, 4.69) is 16.0 Å². The number of hydrogen-bond acceptors (Lipinski definition) is 3. The highest BCUT2D eigenvalue weighted by atomic mass is 19.1. The van der Waals surface area contributed by atoms with E-state index < -0.39 is 17.8 Å². The lowest BCUT2D eigenvalue weighted by Crippen LogP contribution is -2.60. The smallest absolute Gasteiger partial charge is 0.318 e. The summed E-state index contributed by atoms with van der Waals surface area (Å²) in [5.41, 5.74) is 0.428. The molecule has 0 aromatic heterocycles. The Balaban J connectivity index is 2.01. The van der Waals surface area contributed by atoms with Crippen LogP contribution in [0.3, 0.4) is 0 Å². The molecule has 1 heterocycles. The number of carbonyl (C=O) groups is 3. The summed E-state index contributed by atoms with van der Waals surface area (Å²) >= 11 is 0. The van der Waals surface area contributed by atoms with Crippen LogP contribution in [0.25, 0.3) is 0 Å². The van der Waals surface area contributed by atoms with Crippen LogP contribution < -0.4 is 16.0 Å². The Bertz CT molecular complexity index is 591. The zero-order valence-corrected chi connectivity index (χ0v) is 12.8. The molecule has 1 aliphatic heterocycles. The van der Waals surface area contributed by atoms with E-state index in [4.69, 9.17) is 0 Å². The Morgan fingerprint density at radius 1 is 1.35 bits per heavy atom. The number of amides is 4. The Morgan fingerprint density at radius 3 is 2.70 bits per heavy atom. The number of hydrogen-bond donors (Lipinski definition) is 3. The maximum atomic E-state index is 12.8. The van der Waals surface area contributed by atoms with E-state index in [1.54, 1.807) is 6.92 Å². The van der Waals surface area contributed by atoms with Crippen molar-refractivity contribution in [2.75, 3.05) is 25.0 Å². The number of rotatable bonds is 4. The van der Waals surface area contributed by atoms with Crippen LogP contribution in [0.2, 0.25) is 0 Å². The molecule has 0 unspecified atom stereocenters. The monoisotopic (exact) mass is 322 g/mol. The van der Waals surface area contributed by atoms with E-state index in [1.807, 2.05) is 0 Å². The van der Waals surface area contributed by atoms with E-state index in [0.717, 1.165) is 0 Å². The molecule has 1 fully saturated rings. The molecule has 23 heavy (non-hydrogen) atoms. The third kappa shape index (κ3) is 4.41. The summed E-state index contributed by atoms with van der Waals surface area (Å²) in [7, 11) is 0. The second-order valence-electron chi connectivity index (χ2n) is 5.09. The fraction of sp³-hybridized carbons (Fsp3) is 0.400. The second-order valence-corrected chi connectivity index (χ2v) is 5.09. The topological polar surface area (TPSA) is 90.5 Å². The molecule has 8 heteroatoms. The molecule has 7 nitrogen and oxygen atoms in total. The van der Waals surface area contributed by atoms with Crippen molar-refractivity contribution in [1.82, 2.24) is 15.5 Å². The highest BCUT2D eigenvalue weighted by molar-refractivity contribution is 5.97. The average molecular weight is 322 g/mol. The van der Waals surface area contributed by atoms with Crippen LogP contribution in [-0.2, 0) is 9.59 Å². The number of urea groups is 1. The van der Waals surface area contributed by atoms with Crippen molar-refractivity contribution < 1.29 is 18.8 Å². The lowest BCUT2D eigenvalue weighted by atomic mass is 10.1. The Kier molecular flexibility index (Phi) is 5.51. The van der Waals surface area contributed by atoms with Gasteiger partial charge in [0.2, 0.25) is 11.8 Å². The zero-order chi connectivity index (χ0) is 16.8. The molecule has 4 amide bonds. The minimum atomic E-state index is -0.865. The highest BCUT2D eigenvalue weighted by Crippen LogP contribution is 2.13. The van der Waals surface area contributed by atoms with Crippen LogP contribution in [0.1, 0.15) is 13.3 Å². The molecule has 0 saturated carbocycles. The molecule has 1 aromatic carbocycles. The van der Waals surface area contributed by atoms with Crippen molar-refractivity contribution in [2.45, 2.75) is 19.4 Å². The number of anilines is 1. The molecule has 0 aliphatic carbocycles. The summed E-state index contributed by atoms with van der Waals surface area (Å²) in [5, 5.41) is 7.86. The largest absolute Gasteiger partial charge is 0.353 e. The van der Waals surface area contributed by atoms with Gasteiger partial charge in [0.25, 0.3) is 0 Å². The third-order valence-corrected chi connectivity index (χ3v) is 3.43. The van der Waals surface area contributed by atoms with Gasteiger partial charge in [0.1, 0.15) is 11.9 Å². The lowest BCUT2D eigenvalue weighted by Gasteiger charge is -2.34. The Hall–Kier alpha value is -2.64. The maximum Gasteiger partial charge on any atom is 0.318 e. The minimum absolute atomic E-state index is 0.166. The number of halogens is 1. The summed E-state index contributed by atoms with van der Waals surface area (Å²) in [6, 6.07) is 4.07. The van der Waals surface area contributed by atoms with E-state index in [1.165, 1.54) is 29.2 Å². The van der Waals surface area contributed by atoms with Gasteiger partial charge in [-0.05, 0) is 31.2 Å². The van der Waals surface area contributed by atoms with Crippen molar-refractivity contribution >= 4 is 23.5 Å². The normalized spacial score (nSPS) is 17.4. The number of piperazine rings is 1. The van der Waals surface area contributed by atoms with Crippen LogP contribution in [0.5, 0.6) is 0 Å². The van der Waals surface area contributed by atoms with Crippen molar-refractivity contribution in [3.8, 4) is 0 Å².